The fourth-order valence-corrected chi connectivity index (χ4v) is 1.61. The van der Waals surface area contributed by atoms with E-state index in [0.717, 1.165) is 18.2 Å². The third-order valence-corrected chi connectivity index (χ3v) is 2.51. The molecule has 0 fully saturated rings. The number of nitrogens with one attached hydrogen (secondary N) is 1. The third-order valence-electron chi connectivity index (χ3n) is 2.51. The highest BCUT2D eigenvalue weighted by Gasteiger charge is 2.13. The Labute approximate surface area is 113 Å². The van der Waals surface area contributed by atoms with Crippen LogP contribution in [0.1, 0.15) is 21.8 Å². The lowest BCUT2D eigenvalue weighted by atomic mass is 10.2. The van der Waals surface area contributed by atoms with Gasteiger partial charge in [-0.05, 0) is 25.1 Å². The summed E-state index contributed by atoms with van der Waals surface area (Å²) in [7, 11) is 0. The molecule has 1 heterocycles. The smallest absolute Gasteiger partial charge is 0.335 e. The summed E-state index contributed by atoms with van der Waals surface area (Å²) in [6, 6.07) is 4.75. The standard InChI is InChI=1S/C13H11FN2O4/c1-7-4-9(16-20-7)6-12(17)15-11-5-8(13(18)19)2-3-10(11)14/h2-5H,6H2,1H3,(H,15,17)(H,18,19). The summed E-state index contributed by atoms with van der Waals surface area (Å²) in [4.78, 5) is 22.5. The van der Waals surface area contributed by atoms with Crippen LogP contribution in [0, 0.1) is 12.7 Å². The van der Waals surface area contributed by atoms with Gasteiger partial charge in [0, 0.05) is 6.07 Å². The van der Waals surface area contributed by atoms with Gasteiger partial charge in [0.15, 0.2) is 0 Å². The summed E-state index contributed by atoms with van der Waals surface area (Å²) in [6.07, 6.45) is -0.0892. The largest absolute Gasteiger partial charge is 0.478 e. The van der Waals surface area contributed by atoms with Gasteiger partial charge in [0.25, 0.3) is 0 Å². The average Bonchev–Trinajstić information content (AvgIpc) is 2.77. The Morgan fingerprint density at radius 2 is 2.15 bits per heavy atom. The van der Waals surface area contributed by atoms with Crippen LogP contribution in [0.15, 0.2) is 28.8 Å². The number of hydrogen-bond donors (Lipinski definition) is 2. The fourth-order valence-electron chi connectivity index (χ4n) is 1.61. The van der Waals surface area contributed by atoms with Crippen molar-refractivity contribution in [1.82, 2.24) is 5.16 Å². The quantitative estimate of drug-likeness (QED) is 0.892. The molecule has 0 atom stereocenters. The van der Waals surface area contributed by atoms with Crippen LogP contribution in [0.3, 0.4) is 0 Å². The molecule has 104 valence electrons. The van der Waals surface area contributed by atoms with Gasteiger partial charge >= 0.3 is 5.97 Å². The minimum absolute atomic E-state index is 0.0892. The van der Waals surface area contributed by atoms with E-state index in [-0.39, 0.29) is 17.7 Å². The number of halogens is 1. The zero-order valence-corrected chi connectivity index (χ0v) is 10.5. The first-order chi connectivity index (χ1) is 9.45. The number of aromatic carboxylic acids is 1. The van der Waals surface area contributed by atoms with Gasteiger partial charge in [0.05, 0.1) is 23.4 Å². The predicted octanol–water partition coefficient (Wildman–Crippen LogP) is 2.00. The second kappa shape index (κ2) is 5.52. The van der Waals surface area contributed by atoms with Crippen LogP contribution in [0.2, 0.25) is 0 Å². The number of aryl methyl sites for hydroxylation is 1. The first-order valence-electron chi connectivity index (χ1n) is 5.70. The van der Waals surface area contributed by atoms with E-state index in [1.807, 2.05) is 0 Å². The molecule has 2 rings (SSSR count). The van der Waals surface area contributed by atoms with Crippen molar-refractivity contribution in [2.24, 2.45) is 0 Å². The highest BCUT2D eigenvalue weighted by atomic mass is 19.1. The topological polar surface area (TPSA) is 92.4 Å². The highest BCUT2D eigenvalue weighted by Crippen LogP contribution is 2.16. The summed E-state index contributed by atoms with van der Waals surface area (Å²) in [5, 5.41) is 14.8. The van der Waals surface area contributed by atoms with Gasteiger partial charge in [-0.2, -0.15) is 0 Å². The number of amides is 1. The van der Waals surface area contributed by atoms with Gasteiger partial charge in [-0.15, -0.1) is 0 Å². The molecule has 0 radical (unpaired) electrons. The van der Waals surface area contributed by atoms with Crippen molar-refractivity contribution in [2.45, 2.75) is 13.3 Å². The Balaban J connectivity index is 2.11. The number of hydrogen-bond acceptors (Lipinski definition) is 4. The molecule has 1 amide bonds. The van der Waals surface area contributed by atoms with Gasteiger partial charge < -0.3 is 14.9 Å². The van der Waals surface area contributed by atoms with Crippen molar-refractivity contribution >= 4 is 17.6 Å². The van der Waals surface area contributed by atoms with Crippen LogP contribution >= 0.6 is 0 Å². The van der Waals surface area contributed by atoms with Gasteiger partial charge in [0.1, 0.15) is 11.6 Å². The lowest BCUT2D eigenvalue weighted by molar-refractivity contribution is -0.115. The number of benzene rings is 1. The molecule has 0 spiro atoms. The molecule has 6 nitrogen and oxygen atoms in total. The maximum Gasteiger partial charge on any atom is 0.335 e. The summed E-state index contributed by atoms with van der Waals surface area (Å²) in [5.41, 5.74) is 0.115. The van der Waals surface area contributed by atoms with Gasteiger partial charge in [-0.3, -0.25) is 4.79 Å². The van der Waals surface area contributed by atoms with Crippen LogP contribution in [-0.4, -0.2) is 22.1 Å². The molecule has 0 aliphatic rings. The minimum atomic E-state index is -1.20. The molecule has 0 bridgehead atoms. The van der Waals surface area contributed by atoms with Crippen molar-refractivity contribution in [2.75, 3.05) is 5.32 Å². The first kappa shape index (κ1) is 13.7. The number of nitrogens with zero attached hydrogens (tertiary/aromatic N) is 1. The van der Waals surface area contributed by atoms with E-state index in [1.54, 1.807) is 13.0 Å². The van der Waals surface area contributed by atoms with Crippen molar-refractivity contribution in [3.05, 3.63) is 47.1 Å². The van der Waals surface area contributed by atoms with E-state index in [1.165, 1.54) is 0 Å². The number of carboxylic acids is 1. The Bertz CT molecular complexity index is 666. The molecule has 0 unspecified atom stereocenters. The number of carbonyl (C=O) groups excluding carboxylic acids is 1. The summed E-state index contributed by atoms with van der Waals surface area (Å²) >= 11 is 0. The molecule has 2 N–H and O–H groups in total. The lowest BCUT2D eigenvalue weighted by Crippen LogP contribution is -2.16. The Hall–Kier alpha value is -2.70. The molecule has 0 aliphatic heterocycles. The minimum Gasteiger partial charge on any atom is -0.478 e. The van der Waals surface area contributed by atoms with E-state index in [2.05, 4.69) is 10.5 Å². The van der Waals surface area contributed by atoms with Crippen molar-refractivity contribution in [3.8, 4) is 0 Å². The molecule has 0 saturated heterocycles. The third kappa shape index (κ3) is 3.19. The molecule has 0 saturated carbocycles. The van der Waals surface area contributed by atoms with Crippen LogP contribution in [0.4, 0.5) is 10.1 Å². The lowest BCUT2D eigenvalue weighted by Gasteiger charge is -2.06. The van der Waals surface area contributed by atoms with E-state index in [0.29, 0.717) is 11.5 Å². The summed E-state index contributed by atoms with van der Waals surface area (Å²) < 4.78 is 18.3. The Kier molecular flexibility index (Phi) is 3.79. The molecule has 1 aromatic carbocycles. The number of aromatic nitrogens is 1. The van der Waals surface area contributed by atoms with Gasteiger partial charge in [-0.1, -0.05) is 5.16 Å². The molecule has 7 heteroatoms. The van der Waals surface area contributed by atoms with Gasteiger partial charge in [-0.25, -0.2) is 9.18 Å². The second-order valence-corrected chi connectivity index (χ2v) is 4.15. The van der Waals surface area contributed by atoms with Crippen LogP contribution < -0.4 is 5.32 Å². The summed E-state index contributed by atoms with van der Waals surface area (Å²) in [5.74, 6) is -1.86. The molecule has 1 aromatic heterocycles. The number of carbonyl (C=O) groups is 2. The van der Waals surface area contributed by atoms with E-state index in [9.17, 15) is 14.0 Å². The van der Waals surface area contributed by atoms with Gasteiger partial charge in [0.2, 0.25) is 5.91 Å². The van der Waals surface area contributed by atoms with Crippen LogP contribution in [0.25, 0.3) is 0 Å². The Morgan fingerprint density at radius 3 is 2.75 bits per heavy atom. The van der Waals surface area contributed by atoms with Crippen LogP contribution in [-0.2, 0) is 11.2 Å². The number of anilines is 1. The second-order valence-electron chi connectivity index (χ2n) is 4.15. The number of carboxylic acid groups (broad SMARTS) is 1. The van der Waals surface area contributed by atoms with Crippen LogP contribution in [0.5, 0.6) is 0 Å². The molecule has 2 aromatic rings. The SMILES string of the molecule is Cc1cc(CC(=O)Nc2cc(C(=O)O)ccc2F)no1. The molecular weight excluding hydrogens is 267 g/mol. The Morgan fingerprint density at radius 1 is 1.40 bits per heavy atom. The average molecular weight is 278 g/mol. The normalized spacial score (nSPS) is 10.3. The predicted molar refractivity (Wildman–Crippen MR) is 66.9 cm³/mol. The maximum absolute atomic E-state index is 13.5. The van der Waals surface area contributed by atoms with Crippen molar-refractivity contribution in [1.29, 1.82) is 0 Å². The fraction of sp³-hybridized carbons (Fsp3) is 0.154. The molecular formula is C13H11FN2O4. The molecule has 20 heavy (non-hydrogen) atoms. The number of rotatable bonds is 4. The van der Waals surface area contributed by atoms with E-state index in [4.69, 9.17) is 9.63 Å². The van der Waals surface area contributed by atoms with Crippen molar-refractivity contribution in [3.63, 3.8) is 0 Å². The highest BCUT2D eigenvalue weighted by molar-refractivity contribution is 5.94. The van der Waals surface area contributed by atoms with E-state index < -0.39 is 17.7 Å². The summed E-state index contributed by atoms with van der Waals surface area (Å²) in [6.45, 7) is 1.68. The van der Waals surface area contributed by atoms with Crippen molar-refractivity contribution < 1.29 is 23.6 Å². The zero-order chi connectivity index (χ0) is 14.7. The monoisotopic (exact) mass is 278 g/mol. The first-order valence-corrected chi connectivity index (χ1v) is 5.70. The molecule has 0 aliphatic carbocycles. The maximum atomic E-state index is 13.5. The van der Waals surface area contributed by atoms with E-state index >= 15 is 0 Å². The zero-order valence-electron chi connectivity index (χ0n) is 10.5.